The van der Waals surface area contributed by atoms with Gasteiger partial charge >= 0.3 is 6.03 Å². The van der Waals surface area contributed by atoms with Crippen LogP contribution in [0.4, 0.5) is 10.5 Å². The highest BCUT2D eigenvalue weighted by molar-refractivity contribution is 6.30. The minimum Gasteiger partial charge on any atom is -0.329 e. The number of aryl methyl sites for hydroxylation is 2. The minimum absolute atomic E-state index is 0.232. The Labute approximate surface area is 136 Å². The van der Waals surface area contributed by atoms with Crippen molar-refractivity contribution in [3.63, 3.8) is 0 Å². The molecule has 2 aromatic carbocycles. The van der Waals surface area contributed by atoms with Crippen molar-refractivity contribution in [1.29, 1.82) is 0 Å². The zero-order chi connectivity index (χ0) is 16.3. The van der Waals surface area contributed by atoms with Crippen LogP contribution in [0.1, 0.15) is 30.5 Å². The molecule has 0 aliphatic heterocycles. The standard InChI is InChI=1S/C18H21ClN2O/c1-12-9-13(2)11-16(10-12)20-17(22)21-18(3,4)14-5-7-15(19)8-6-14/h5-11H,1-4H3,(H2,20,21,22). The molecule has 0 aliphatic carbocycles. The molecule has 0 unspecified atom stereocenters. The first-order valence-electron chi connectivity index (χ1n) is 7.20. The molecule has 0 atom stereocenters. The maximum atomic E-state index is 12.2. The Balaban J connectivity index is 2.08. The third-order valence-corrected chi connectivity index (χ3v) is 3.72. The number of amides is 2. The molecule has 2 rings (SSSR count). The van der Waals surface area contributed by atoms with Crippen molar-refractivity contribution in [3.05, 3.63) is 64.2 Å². The van der Waals surface area contributed by atoms with E-state index in [9.17, 15) is 4.79 Å². The smallest absolute Gasteiger partial charge is 0.319 e. The lowest BCUT2D eigenvalue weighted by Crippen LogP contribution is -2.43. The summed E-state index contributed by atoms with van der Waals surface area (Å²) in [6.07, 6.45) is 0. The van der Waals surface area contributed by atoms with Gasteiger partial charge in [-0.2, -0.15) is 0 Å². The molecule has 0 saturated carbocycles. The number of carbonyl (C=O) groups excluding carboxylic acids is 1. The summed E-state index contributed by atoms with van der Waals surface area (Å²) in [5.41, 5.74) is 3.53. The number of hydrogen-bond acceptors (Lipinski definition) is 1. The van der Waals surface area contributed by atoms with Crippen LogP contribution in [0.3, 0.4) is 0 Å². The van der Waals surface area contributed by atoms with E-state index in [1.54, 1.807) is 0 Å². The number of nitrogens with one attached hydrogen (secondary N) is 2. The van der Waals surface area contributed by atoms with Crippen molar-refractivity contribution >= 4 is 23.3 Å². The van der Waals surface area contributed by atoms with Gasteiger partial charge in [0.25, 0.3) is 0 Å². The number of benzene rings is 2. The zero-order valence-corrected chi connectivity index (χ0v) is 14.1. The highest BCUT2D eigenvalue weighted by Crippen LogP contribution is 2.22. The number of hydrogen-bond donors (Lipinski definition) is 2. The lowest BCUT2D eigenvalue weighted by molar-refractivity contribution is 0.242. The molecule has 0 radical (unpaired) electrons. The first-order chi connectivity index (χ1) is 10.3. The Bertz CT molecular complexity index is 658. The predicted octanol–water partition coefficient (Wildman–Crippen LogP) is 5.01. The Morgan fingerprint density at radius 3 is 2.09 bits per heavy atom. The quantitative estimate of drug-likeness (QED) is 0.820. The summed E-state index contributed by atoms with van der Waals surface area (Å²) in [5.74, 6) is 0. The zero-order valence-electron chi connectivity index (χ0n) is 13.3. The Hall–Kier alpha value is -2.00. The van der Waals surface area contributed by atoms with Crippen molar-refractivity contribution in [2.75, 3.05) is 5.32 Å². The summed E-state index contributed by atoms with van der Waals surface area (Å²) in [6, 6.07) is 13.2. The highest BCUT2D eigenvalue weighted by atomic mass is 35.5. The van der Waals surface area contributed by atoms with Gasteiger partial charge < -0.3 is 10.6 Å². The molecule has 4 heteroatoms. The van der Waals surface area contributed by atoms with Crippen LogP contribution in [0, 0.1) is 13.8 Å². The van der Waals surface area contributed by atoms with Gasteiger partial charge in [-0.3, -0.25) is 0 Å². The van der Waals surface area contributed by atoms with E-state index in [-0.39, 0.29) is 6.03 Å². The molecule has 0 aliphatic rings. The summed E-state index contributed by atoms with van der Waals surface area (Å²) in [5, 5.41) is 6.55. The van der Waals surface area contributed by atoms with E-state index in [2.05, 4.69) is 16.7 Å². The van der Waals surface area contributed by atoms with Crippen LogP contribution in [0.5, 0.6) is 0 Å². The number of carbonyl (C=O) groups is 1. The first kappa shape index (κ1) is 16.4. The fourth-order valence-corrected chi connectivity index (χ4v) is 2.56. The van der Waals surface area contributed by atoms with Crippen LogP contribution >= 0.6 is 11.6 Å². The van der Waals surface area contributed by atoms with Crippen LogP contribution in [0.25, 0.3) is 0 Å². The lowest BCUT2D eigenvalue weighted by Gasteiger charge is -2.27. The van der Waals surface area contributed by atoms with E-state index >= 15 is 0 Å². The Kier molecular flexibility index (Phi) is 4.77. The Morgan fingerprint density at radius 2 is 1.55 bits per heavy atom. The second kappa shape index (κ2) is 6.41. The van der Waals surface area contributed by atoms with Crippen LogP contribution in [-0.2, 0) is 5.54 Å². The monoisotopic (exact) mass is 316 g/mol. The highest BCUT2D eigenvalue weighted by Gasteiger charge is 2.22. The summed E-state index contributed by atoms with van der Waals surface area (Å²) in [6.45, 7) is 7.93. The molecule has 0 fully saturated rings. The van der Waals surface area contributed by atoms with Crippen molar-refractivity contribution in [2.24, 2.45) is 0 Å². The van der Waals surface area contributed by atoms with Crippen molar-refractivity contribution in [3.8, 4) is 0 Å². The minimum atomic E-state index is -0.493. The molecule has 2 amide bonds. The molecule has 0 bridgehead atoms. The van der Waals surface area contributed by atoms with Crippen LogP contribution in [0.2, 0.25) is 5.02 Å². The molecule has 0 heterocycles. The van der Waals surface area contributed by atoms with E-state index < -0.39 is 5.54 Å². The number of urea groups is 1. The average Bonchev–Trinajstić information content (AvgIpc) is 2.36. The maximum Gasteiger partial charge on any atom is 0.319 e. The van der Waals surface area contributed by atoms with Gasteiger partial charge in [-0.25, -0.2) is 4.79 Å². The number of anilines is 1. The summed E-state index contributed by atoms with van der Waals surface area (Å²) >= 11 is 5.90. The average molecular weight is 317 g/mol. The second-order valence-corrected chi connectivity index (χ2v) is 6.52. The van der Waals surface area contributed by atoms with Gasteiger partial charge in [-0.1, -0.05) is 29.8 Å². The molecule has 3 nitrogen and oxygen atoms in total. The fraction of sp³-hybridized carbons (Fsp3) is 0.278. The van der Waals surface area contributed by atoms with Gasteiger partial charge in [0, 0.05) is 10.7 Å². The molecule has 0 aromatic heterocycles. The third kappa shape index (κ3) is 4.25. The van der Waals surface area contributed by atoms with E-state index in [0.29, 0.717) is 5.02 Å². The van der Waals surface area contributed by atoms with Gasteiger partial charge in [0.1, 0.15) is 0 Å². The predicted molar refractivity (Wildman–Crippen MR) is 92.5 cm³/mol. The van der Waals surface area contributed by atoms with Crippen LogP contribution in [0.15, 0.2) is 42.5 Å². The molecule has 2 aromatic rings. The second-order valence-electron chi connectivity index (χ2n) is 6.09. The van der Waals surface area contributed by atoms with Gasteiger partial charge in [0.15, 0.2) is 0 Å². The van der Waals surface area contributed by atoms with Crippen LogP contribution in [-0.4, -0.2) is 6.03 Å². The molecule has 22 heavy (non-hydrogen) atoms. The molecular weight excluding hydrogens is 296 g/mol. The summed E-state index contributed by atoms with van der Waals surface area (Å²) < 4.78 is 0. The Morgan fingerprint density at radius 1 is 1.00 bits per heavy atom. The molecule has 0 spiro atoms. The lowest BCUT2D eigenvalue weighted by atomic mass is 9.94. The normalized spacial score (nSPS) is 11.1. The maximum absolute atomic E-state index is 12.2. The molecular formula is C18H21ClN2O. The first-order valence-corrected chi connectivity index (χ1v) is 7.57. The SMILES string of the molecule is Cc1cc(C)cc(NC(=O)NC(C)(C)c2ccc(Cl)cc2)c1. The van der Waals surface area contributed by atoms with Crippen LogP contribution < -0.4 is 10.6 Å². The van der Waals surface area contributed by atoms with Crippen molar-refractivity contribution < 1.29 is 4.79 Å². The number of rotatable bonds is 3. The largest absolute Gasteiger partial charge is 0.329 e. The van der Waals surface area contributed by atoms with Gasteiger partial charge in [0.2, 0.25) is 0 Å². The van der Waals surface area contributed by atoms with Gasteiger partial charge in [-0.05, 0) is 68.7 Å². The number of halogens is 1. The molecule has 116 valence electrons. The van der Waals surface area contributed by atoms with E-state index in [0.717, 1.165) is 22.4 Å². The van der Waals surface area contributed by atoms with E-state index in [1.165, 1.54) is 0 Å². The fourth-order valence-electron chi connectivity index (χ4n) is 2.43. The summed E-state index contributed by atoms with van der Waals surface area (Å²) in [7, 11) is 0. The van der Waals surface area contributed by atoms with E-state index in [4.69, 9.17) is 11.6 Å². The summed E-state index contributed by atoms with van der Waals surface area (Å²) in [4.78, 5) is 12.2. The molecule has 2 N–H and O–H groups in total. The van der Waals surface area contributed by atoms with Crippen molar-refractivity contribution in [1.82, 2.24) is 5.32 Å². The van der Waals surface area contributed by atoms with Gasteiger partial charge in [-0.15, -0.1) is 0 Å². The van der Waals surface area contributed by atoms with E-state index in [1.807, 2.05) is 64.1 Å². The topological polar surface area (TPSA) is 41.1 Å². The van der Waals surface area contributed by atoms with Gasteiger partial charge in [0.05, 0.1) is 5.54 Å². The molecule has 0 saturated heterocycles. The third-order valence-electron chi connectivity index (χ3n) is 3.47. The van der Waals surface area contributed by atoms with Crippen molar-refractivity contribution in [2.45, 2.75) is 33.2 Å².